The lowest BCUT2D eigenvalue weighted by Crippen LogP contribution is -1.89. The van der Waals surface area contributed by atoms with Crippen molar-refractivity contribution in [2.75, 3.05) is 0 Å². The molecule has 0 aromatic heterocycles. The lowest BCUT2D eigenvalue weighted by atomic mass is 9.96. The normalized spacial score (nSPS) is 10.2. The van der Waals surface area contributed by atoms with E-state index >= 15 is 0 Å². The number of hydrogen-bond donors (Lipinski definition) is 0. The van der Waals surface area contributed by atoms with Crippen molar-refractivity contribution in [3.05, 3.63) is 57.6 Å². The molecule has 0 spiro atoms. The molecule has 2 aromatic rings. The smallest absolute Gasteiger partial charge is 0.0998 e. The van der Waals surface area contributed by atoms with E-state index in [0.717, 1.165) is 32.8 Å². The molecular formula is C16H14ClN. The Balaban J connectivity index is 2.67. The summed E-state index contributed by atoms with van der Waals surface area (Å²) in [5.74, 6) is 0. The number of nitrogens with zero attached hydrogens (tertiary/aromatic N) is 1. The van der Waals surface area contributed by atoms with Gasteiger partial charge in [0.05, 0.1) is 11.6 Å². The zero-order valence-electron chi connectivity index (χ0n) is 10.7. The van der Waals surface area contributed by atoms with Crippen molar-refractivity contribution in [1.29, 1.82) is 5.26 Å². The summed E-state index contributed by atoms with van der Waals surface area (Å²) in [6.45, 7) is 5.96. The molecule has 0 unspecified atom stereocenters. The highest BCUT2D eigenvalue weighted by Crippen LogP contribution is 2.30. The van der Waals surface area contributed by atoms with E-state index in [-0.39, 0.29) is 0 Å². The predicted octanol–water partition coefficient (Wildman–Crippen LogP) is 4.80. The SMILES string of the molecule is Cc1ccc(-c2cc(C)c(Cl)c(C)c2)c(C#N)c1. The van der Waals surface area contributed by atoms with Crippen LogP contribution in [0.4, 0.5) is 0 Å². The Morgan fingerprint density at radius 1 is 1.00 bits per heavy atom. The Bertz CT molecular complexity index is 628. The van der Waals surface area contributed by atoms with E-state index in [1.54, 1.807) is 0 Å². The van der Waals surface area contributed by atoms with Crippen molar-refractivity contribution in [2.45, 2.75) is 20.8 Å². The van der Waals surface area contributed by atoms with E-state index in [2.05, 4.69) is 6.07 Å². The molecule has 2 aromatic carbocycles. The number of hydrogen-bond acceptors (Lipinski definition) is 1. The Morgan fingerprint density at radius 2 is 1.61 bits per heavy atom. The molecule has 1 nitrogen and oxygen atoms in total. The molecule has 0 aliphatic heterocycles. The summed E-state index contributed by atoms with van der Waals surface area (Å²) in [6.07, 6.45) is 0. The van der Waals surface area contributed by atoms with Gasteiger partial charge in [0.25, 0.3) is 0 Å². The summed E-state index contributed by atoms with van der Waals surface area (Å²) in [5.41, 5.74) is 5.89. The Kier molecular flexibility index (Phi) is 3.41. The monoisotopic (exact) mass is 255 g/mol. The van der Waals surface area contributed by atoms with E-state index < -0.39 is 0 Å². The maximum absolute atomic E-state index is 9.22. The van der Waals surface area contributed by atoms with Crippen LogP contribution >= 0.6 is 11.6 Å². The molecule has 0 radical (unpaired) electrons. The molecule has 0 saturated carbocycles. The minimum atomic E-state index is 0.705. The molecule has 2 heteroatoms. The highest BCUT2D eigenvalue weighted by Gasteiger charge is 2.08. The lowest BCUT2D eigenvalue weighted by Gasteiger charge is -2.10. The minimum Gasteiger partial charge on any atom is -0.192 e. The summed E-state index contributed by atoms with van der Waals surface area (Å²) in [5, 5.41) is 10.0. The molecule has 0 aliphatic rings. The van der Waals surface area contributed by atoms with E-state index in [1.165, 1.54) is 0 Å². The van der Waals surface area contributed by atoms with Crippen LogP contribution in [-0.2, 0) is 0 Å². The van der Waals surface area contributed by atoms with Crippen LogP contribution in [0.1, 0.15) is 22.3 Å². The Labute approximate surface area is 113 Å². The fourth-order valence-electron chi connectivity index (χ4n) is 2.10. The minimum absolute atomic E-state index is 0.705. The van der Waals surface area contributed by atoms with Crippen molar-refractivity contribution in [2.24, 2.45) is 0 Å². The average Bonchev–Trinajstić information content (AvgIpc) is 2.35. The lowest BCUT2D eigenvalue weighted by molar-refractivity contribution is 1.37. The van der Waals surface area contributed by atoms with Gasteiger partial charge in [0.1, 0.15) is 0 Å². The third kappa shape index (κ3) is 2.25. The van der Waals surface area contributed by atoms with Crippen molar-refractivity contribution in [3.63, 3.8) is 0 Å². The van der Waals surface area contributed by atoms with Gasteiger partial charge in [-0.15, -0.1) is 0 Å². The van der Waals surface area contributed by atoms with Gasteiger partial charge >= 0.3 is 0 Å². The van der Waals surface area contributed by atoms with Gasteiger partial charge in [0, 0.05) is 5.02 Å². The van der Waals surface area contributed by atoms with Crippen LogP contribution in [0.25, 0.3) is 11.1 Å². The van der Waals surface area contributed by atoms with Gasteiger partial charge in [0.15, 0.2) is 0 Å². The first-order valence-corrected chi connectivity index (χ1v) is 6.18. The Morgan fingerprint density at radius 3 is 2.17 bits per heavy atom. The van der Waals surface area contributed by atoms with Crippen LogP contribution < -0.4 is 0 Å². The highest BCUT2D eigenvalue weighted by atomic mass is 35.5. The molecule has 0 saturated heterocycles. The van der Waals surface area contributed by atoms with Gasteiger partial charge in [-0.2, -0.15) is 5.26 Å². The maximum atomic E-state index is 9.22. The second kappa shape index (κ2) is 4.84. The summed E-state index contributed by atoms with van der Waals surface area (Å²) in [4.78, 5) is 0. The van der Waals surface area contributed by atoms with Crippen LogP contribution in [-0.4, -0.2) is 0 Å². The van der Waals surface area contributed by atoms with E-state index in [9.17, 15) is 5.26 Å². The van der Waals surface area contributed by atoms with Gasteiger partial charge < -0.3 is 0 Å². The van der Waals surface area contributed by atoms with Gasteiger partial charge in [-0.25, -0.2) is 0 Å². The first-order valence-electron chi connectivity index (χ1n) is 5.81. The van der Waals surface area contributed by atoms with Gasteiger partial charge in [0.2, 0.25) is 0 Å². The summed E-state index contributed by atoms with van der Waals surface area (Å²) in [7, 11) is 0. The summed E-state index contributed by atoms with van der Waals surface area (Å²) < 4.78 is 0. The molecule has 0 amide bonds. The Hall–Kier alpha value is -1.78. The van der Waals surface area contributed by atoms with Crippen molar-refractivity contribution in [3.8, 4) is 17.2 Å². The molecule has 0 fully saturated rings. The van der Waals surface area contributed by atoms with E-state index in [0.29, 0.717) is 5.56 Å². The van der Waals surface area contributed by atoms with Crippen LogP contribution in [0.15, 0.2) is 30.3 Å². The predicted molar refractivity (Wildman–Crippen MR) is 75.8 cm³/mol. The maximum Gasteiger partial charge on any atom is 0.0998 e. The fraction of sp³-hybridized carbons (Fsp3) is 0.188. The van der Waals surface area contributed by atoms with Crippen LogP contribution in [0, 0.1) is 32.1 Å². The van der Waals surface area contributed by atoms with Crippen LogP contribution in [0.5, 0.6) is 0 Å². The first kappa shape index (κ1) is 12.7. The molecule has 0 atom stereocenters. The van der Waals surface area contributed by atoms with Gasteiger partial charge in [-0.05, 0) is 66.8 Å². The average molecular weight is 256 g/mol. The zero-order valence-corrected chi connectivity index (χ0v) is 11.5. The standard InChI is InChI=1S/C16H14ClN/c1-10-4-5-15(14(6-10)9-18)13-7-11(2)16(17)12(3)8-13/h4-8H,1-3H3. The molecular weight excluding hydrogens is 242 g/mol. The van der Waals surface area contributed by atoms with Crippen molar-refractivity contribution < 1.29 is 0 Å². The zero-order chi connectivity index (χ0) is 13.3. The first-order chi connectivity index (χ1) is 8.52. The van der Waals surface area contributed by atoms with Gasteiger partial charge in [-0.1, -0.05) is 23.7 Å². The van der Waals surface area contributed by atoms with Crippen molar-refractivity contribution >= 4 is 11.6 Å². The number of rotatable bonds is 1. The van der Waals surface area contributed by atoms with E-state index in [4.69, 9.17) is 11.6 Å². The second-order valence-corrected chi connectivity index (χ2v) is 4.96. The molecule has 18 heavy (non-hydrogen) atoms. The number of halogens is 1. The van der Waals surface area contributed by atoms with Crippen LogP contribution in [0.2, 0.25) is 5.02 Å². The molecule has 90 valence electrons. The highest BCUT2D eigenvalue weighted by molar-refractivity contribution is 6.32. The number of benzene rings is 2. The number of aryl methyl sites for hydroxylation is 3. The molecule has 0 aliphatic carbocycles. The van der Waals surface area contributed by atoms with Crippen LogP contribution in [0.3, 0.4) is 0 Å². The van der Waals surface area contributed by atoms with E-state index in [1.807, 2.05) is 51.1 Å². The second-order valence-electron chi connectivity index (χ2n) is 4.58. The van der Waals surface area contributed by atoms with Crippen molar-refractivity contribution in [1.82, 2.24) is 0 Å². The fourth-order valence-corrected chi connectivity index (χ4v) is 2.21. The third-order valence-corrected chi connectivity index (χ3v) is 3.64. The quantitative estimate of drug-likeness (QED) is 0.718. The van der Waals surface area contributed by atoms with Gasteiger partial charge in [-0.3, -0.25) is 0 Å². The molecule has 2 rings (SSSR count). The number of nitriles is 1. The summed E-state index contributed by atoms with van der Waals surface area (Å²) in [6, 6.07) is 12.2. The largest absolute Gasteiger partial charge is 0.192 e. The molecule has 0 bridgehead atoms. The third-order valence-electron chi connectivity index (χ3n) is 3.04. The molecule has 0 heterocycles. The topological polar surface area (TPSA) is 23.8 Å². The summed E-state index contributed by atoms with van der Waals surface area (Å²) >= 11 is 6.17. The molecule has 0 N–H and O–H groups in total.